The van der Waals surface area contributed by atoms with Gasteiger partial charge >= 0.3 is 0 Å². The Kier molecular flexibility index (Phi) is 6.32. The molecule has 0 heterocycles. The van der Waals surface area contributed by atoms with Crippen LogP contribution in [0.1, 0.15) is 19.8 Å². The monoisotopic (exact) mass is 295 g/mol. The summed E-state index contributed by atoms with van der Waals surface area (Å²) in [5, 5.41) is 14.4. The molecule has 1 unspecified atom stereocenters. The van der Waals surface area contributed by atoms with Crippen molar-refractivity contribution in [2.24, 2.45) is 16.8 Å². The number of benzene rings is 1. The third-order valence-corrected chi connectivity index (χ3v) is 3.03. The lowest BCUT2D eigenvalue weighted by Gasteiger charge is -2.16. The first-order chi connectivity index (χ1) is 10.1. The summed E-state index contributed by atoms with van der Waals surface area (Å²) in [6.45, 7) is 1.91. The zero-order valence-electron chi connectivity index (χ0n) is 12.4. The Labute approximate surface area is 123 Å². The molecule has 0 bridgehead atoms. The Morgan fingerprint density at radius 1 is 1.43 bits per heavy atom. The largest absolute Gasteiger partial charge is 0.497 e. The van der Waals surface area contributed by atoms with Gasteiger partial charge < -0.3 is 25.7 Å². The van der Waals surface area contributed by atoms with Gasteiger partial charge in [0.2, 0.25) is 5.91 Å². The predicted octanol–water partition coefficient (Wildman–Crippen LogP) is 1.80. The first kappa shape index (κ1) is 16.6. The molecule has 4 N–H and O–H groups in total. The number of amides is 1. The summed E-state index contributed by atoms with van der Waals surface area (Å²) >= 11 is 0. The quantitative estimate of drug-likeness (QED) is 0.308. The van der Waals surface area contributed by atoms with Crippen LogP contribution in [0.2, 0.25) is 0 Å². The van der Waals surface area contributed by atoms with E-state index in [1.165, 1.54) is 14.2 Å². The van der Waals surface area contributed by atoms with E-state index >= 15 is 0 Å². The number of nitrogens with zero attached hydrogens (tertiary/aromatic N) is 1. The molecule has 7 heteroatoms. The van der Waals surface area contributed by atoms with E-state index in [0.29, 0.717) is 23.6 Å². The molecule has 0 aliphatic carbocycles. The van der Waals surface area contributed by atoms with Gasteiger partial charge in [-0.25, -0.2) is 0 Å². The standard InChI is InChI=1S/C14H21N3O4/c1-4-5-10(13(15)17-19)14(18)16-11-8-9(20-2)6-7-12(11)21-3/h6-8,10,19H,4-5H2,1-3H3,(H2,15,17)(H,16,18). The number of hydrogen-bond acceptors (Lipinski definition) is 5. The molecule has 0 aliphatic heterocycles. The highest BCUT2D eigenvalue weighted by Gasteiger charge is 2.23. The molecule has 1 amide bonds. The van der Waals surface area contributed by atoms with Gasteiger partial charge in [-0.2, -0.15) is 0 Å². The van der Waals surface area contributed by atoms with Gasteiger partial charge in [0.15, 0.2) is 5.84 Å². The molecule has 0 aromatic heterocycles. The van der Waals surface area contributed by atoms with Crippen LogP contribution in [-0.2, 0) is 4.79 Å². The molecule has 0 fully saturated rings. The number of hydrogen-bond donors (Lipinski definition) is 3. The van der Waals surface area contributed by atoms with E-state index in [-0.39, 0.29) is 11.7 Å². The van der Waals surface area contributed by atoms with E-state index in [0.717, 1.165) is 6.42 Å². The van der Waals surface area contributed by atoms with Gasteiger partial charge in [-0.15, -0.1) is 0 Å². The molecule has 0 radical (unpaired) electrons. The number of rotatable bonds is 7. The van der Waals surface area contributed by atoms with Gasteiger partial charge in [0.1, 0.15) is 11.5 Å². The maximum Gasteiger partial charge on any atom is 0.235 e. The highest BCUT2D eigenvalue weighted by atomic mass is 16.5. The average Bonchev–Trinajstić information content (AvgIpc) is 2.51. The van der Waals surface area contributed by atoms with E-state index in [4.69, 9.17) is 20.4 Å². The fourth-order valence-corrected chi connectivity index (χ4v) is 1.90. The van der Waals surface area contributed by atoms with Crippen LogP contribution in [-0.4, -0.2) is 31.2 Å². The molecule has 0 saturated heterocycles. The number of methoxy groups -OCH3 is 2. The molecule has 1 rings (SSSR count). The predicted molar refractivity (Wildman–Crippen MR) is 80.0 cm³/mol. The highest BCUT2D eigenvalue weighted by Crippen LogP contribution is 2.29. The van der Waals surface area contributed by atoms with Crippen molar-refractivity contribution in [1.82, 2.24) is 0 Å². The lowest BCUT2D eigenvalue weighted by atomic mass is 10.0. The molecular weight excluding hydrogens is 274 g/mol. The maximum absolute atomic E-state index is 12.3. The van der Waals surface area contributed by atoms with Gasteiger partial charge in [0, 0.05) is 6.07 Å². The molecular formula is C14H21N3O4. The molecule has 1 aromatic carbocycles. The van der Waals surface area contributed by atoms with Crippen LogP contribution in [0, 0.1) is 5.92 Å². The minimum atomic E-state index is -0.698. The number of oxime groups is 1. The van der Waals surface area contributed by atoms with Crippen molar-refractivity contribution in [3.8, 4) is 11.5 Å². The summed E-state index contributed by atoms with van der Waals surface area (Å²) in [4.78, 5) is 12.3. The zero-order valence-corrected chi connectivity index (χ0v) is 12.4. The van der Waals surface area contributed by atoms with Gasteiger partial charge in [-0.3, -0.25) is 4.79 Å². The highest BCUT2D eigenvalue weighted by molar-refractivity contribution is 6.08. The first-order valence-electron chi connectivity index (χ1n) is 6.57. The molecule has 21 heavy (non-hydrogen) atoms. The van der Waals surface area contributed by atoms with Gasteiger partial charge in [0.25, 0.3) is 0 Å². The number of nitrogens with two attached hydrogens (primary N) is 1. The van der Waals surface area contributed by atoms with Crippen molar-refractivity contribution in [2.75, 3.05) is 19.5 Å². The topological polar surface area (TPSA) is 106 Å². The molecule has 7 nitrogen and oxygen atoms in total. The third kappa shape index (κ3) is 4.27. The van der Waals surface area contributed by atoms with Crippen LogP contribution in [0.3, 0.4) is 0 Å². The zero-order chi connectivity index (χ0) is 15.8. The Hall–Kier alpha value is -2.44. The summed E-state index contributed by atoms with van der Waals surface area (Å²) in [7, 11) is 3.04. The van der Waals surface area contributed by atoms with E-state index in [9.17, 15) is 4.79 Å². The summed E-state index contributed by atoms with van der Waals surface area (Å²) in [6, 6.07) is 5.06. The Balaban J connectivity index is 2.99. The van der Waals surface area contributed by atoms with Crippen molar-refractivity contribution >= 4 is 17.4 Å². The number of amidine groups is 1. The van der Waals surface area contributed by atoms with Crippen molar-refractivity contribution in [1.29, 1.82) is 0 Å². The number of nitrogens with one attached hydrogen (secondary N) is 1. The molecule has 0 saturated carbocycles. The van der Waals surface area contributed by atoms with Crippen LogP contribution < -0.4 is 20.5 Å². The third-order valence-electron chi connectivity index (χ3n) is 3.03. The lowest BCUT2D eigenvalue weighted by Crippen LogP contribution is -2.34. The minimum absolute atomic E-state index is 0.115. The van der Waals surface area contributed by atoms with Gasteiger partial charge in [-0.05, 0) is 18.6 Å². The second-order valence-electron chi connectivity index (χ2n) is 4.42. The fourth-order valence-electron chi connectivity index (χ4n) is 1.90. The second-order valence-corrected chi connectivity index (χ2v) is 4.42. The molecule has 1 aromatic rings. The van der Waals surface area contributed by atoms with Crippen LogP contribution in [0.25, 0.3) is 0 Å². The number of carbonyl (C=O) groups excluding carboxylic acids is 1. The van der Waals surface area contributed by atoms with Gasteiger partial charge in [0.05, 0.1) is 25.8 Å². The van der Waals surface area contributed by atoms with Crippen molar-refractivity contribution < 1.29 is 19.5 Å². The summed E-state index contributed by atoms with van der Waals surface area (Å²) in [6.07, 6.45) is 1.21. The minimum Gasteiger partial charge on any atom is -0.497 e. The van der Waals surface area contributed by atoms with Crippen molar-refractivity contribution in [3.63, 3.8) is 0 Å². The lowest BCUT2D eigenvalue weighted by molar-refractivity contribution is -0.118. The molecule has 0 spiro atoms. The summed E-state index contributed by atoms with van der Waals surface area (Å²) < 4.78 is 10.3. The Morgan fingerprint density at radius 3 is 2.67 bits per heavy atom. The van der Waals surface area contributed by atoms with Crippen molar-refractivity contribution in [3.05, 3.63) is 18.2 Å². The second kappa shape index (κ2) is 7.98. The summed E-state index contributed by atoms with van der Waals surface area (Å²) in [5.74, 6) is -0.0910. The van der Waals surface area contributed by atoms with Crippen LogP contribution >= 0.6 is 0 Å². The average molecular weight is 295 g/mol. The Morgan fingerprint density at radius 2 is 2.14 bits per heavy atom. The fraction of sp³-hybridized carbons (Fsp3) is 0.429. The van der Waals surface area contributed by atoms with E-state index in [2.05, 4.69) is 10.5 Å². The van der Waals surface area contributed by atoms with Gasteiger partial charge in [-0.1, -0.05) is 18.5 Å². The van der Waals surface area contributed by atoms with Crippen LogP contribution in [0.5, 0.6) is 11.5 Å². The van der Waals surface area contributed by atoms with Crippen LogP contribution in [0.15, 0.2) is 23.4 Å². The molecule has 1 atom stereocenters. The van der Waals surface area contributed by atoms with E-state index in [1.807, 2.05) is 6.92 Å². The number of carbonyl (C=O) groups is 1. The SMILES string of the molecule is CCCC(C(=O)Nc1cc(OC)ccc1OC)C(N)=NO. The molecule has 0 aliphatic rings. The van der Waals surface area contributed by atoms with Crippen LogP contribution in [0.4, 0.5) is 5.69 Å². The van der Waals surface area contributed by atoms with Crippen molar-refractivity contribution in [2.45, 2.75) is 19.8 Å². The van der Waals surface area contributed by atoms with E-state index in [1.54, 1.807) is 18.2 Å². The normalized spacial score (nSPS) is 12.6. The van der Waals surface area contributed by atoms with E-state index < -0.39 is 5.92 Å². The number of ether oxygens (including phenoxy) is 2. The summed E-state index contributed by atoms with van der Waals surface area (Å²) in [5.41, 5.74) is 6.03. The maximum atomic E-state index is 12.3. The smallest absolute Gasteiger partial charge is 0.235 e. The Bertz CT molecular complexity index is 517. The number of anilines is 1. The first-order valence-corrected chi connectivity index (χ1v) is 6.57. The molecule has 116 valence electrons.